The predicted octanol–water partition coefficient (Wildman–Crippen LogP) is 2.96. The van der Waals surface area contributed by atoms with Crippen molar-refractivity contribution in [1.29, 1.82) is 0 Å². The fourth-order valence-corrected chi connectivity index (χ4v) is 1.84. The largest absolute Gasteiger partial charge is 0.489 e. The first kappa shape index (κ1) is 7.66. The Morgan fingerprint density at radius 1 is 1.42 bits per heavy atom. The molecule has 1 heterocycles. The highest BCUT2D eigenvalue weighted by Crippen LogP contribution is 2.37. The molecule has 12 heavy (non-hydrogen) atoms. The maximum Gasteiger partial charge on any atom is 0.124 e. The van der Waals surface area contributed by atoms with E-state index in [1.54, 1.807) is 0 Å². The first-order chi connectivity index (χ1) is 5.86. The van der Waals surface area contributed by atoms with Crippen LogP contribution in [0.4, 0.5) is 0 Å². The van der Waals surface area contributed by atoms with E-state index in [9.17, 15) is 0 Å². The molecule has 2 rings (SSSR count). The molecule has 1 heteroatoms. The molecule has 0 saturated carbocycles. The molecular formula is C11H14O. The van der Waals surface area contributed by atoms with Crippen molar-refractivity contribution < 1.29 is 4.74 Å². The van der Waals surface area contributed by atoms with Gasteiger partial charge in [0.15, 0.2) is 0 Å². The normalized spacial score (nSPS) is 25.8. The smallest absolute Gasteiger partial charge is 0.124 e. The van der Waals surface area contributed by atoms with E-state index < -0.39 is 0 Å². The number of hydrogen-bond donors (Lipinski definition) is 0. The molecule has 0 spiro atoms. The zero-order valence-electron chi connectivity index (χ0n) is 7.63. The van der Waals surface area contributed by atoms with Crippen LogP contribution in [0.25, 0.3) is 0 Å². The van der Waals surface area contributed by atoms with Gasteiger partial charge in [0.1, 0.15) is 11.9 Å². The van der Waals surface area contributed by atoms with E-state index in [-0.39, 0.29) is 0 Å². The average Bonchev–Trinajstić information content (AvgIpc) is 2.63. The highest BCUT2D eigenvalue weighted by molar-refractivity contribution is 5.54. The van der Waals surface area contributed by atoms with Gasteiger partial charge in [-0.3, -0.25) is 0 Å². The van der Waals surface area contributed by atoms with Crippen molar-refractivity contribution in [3.8, 4) is 0 Å². The third-order valence-electron chi connectivity index (χ3n) is 2.47. The molecule has 1 nitrogen and oxygen atoms in total. The predicted molar refractivity (Wildman–Crippen MR) is 49.7 cm³/mol. The summed E-state index contributed by atoms with van der Waals surface area (Å²) >= 11 is 0. The van der Waals surface area contributed by atoms with Crippen LogP contribution in [0, 0.1) is 0 Å². The van der Waals surface area contributed by atoms with E-state index in [0.29, 0.717) is 6.10 Å². The fraction of sp³-hybridized carbons (Fsp3) is 0.455. The van der Waals surface area contributed by atoms with Crippen LogP contribution >= 0.6 is 0 Å². The third-order valence-corrected chi connectivity index (χ3v) is 2.47. The highest BCUT2D eigenvalue weighted by atomic mass is 16.5. The van der Waals surface area contributed by atoms with Gasteiger partial charge in [0.2, 0.25) is 0 Å². The molecule has 0 aromatic heterocycles. The van der Waals surface area contributed by atoms with Crippen LogP contribution in [0.1, 0.15) is 26.7 Å². The Kier molecular flexibility index (Phi) is 1.80. The monoisotopic (exact) mass is 162 g/mol. The Morgan fingerprint density at radius 2 is 2.25 bits per heavy atom. The molecular weight excluding hydrogens is 148 g/mol. The molecule has 64 valence electrons. The summed E-state index contributed by atoms with van der Waals surface area (Å²) in [5, 5.41) is 0. The zero-order valence-corrected chi connectivity index (χ0v) is 7.63. The van der Waals surface area contributed by atoms with Gasteiger partial charge in [0, 0.05) is 17.6 Å². The van der Waals surface area contributed by atoms with Crippen molar-refractivity contribution >= 4 is 0 Å². The van der Waals surface area contributed by atoms with Gasteiger partial charge in [-0.2, -0.15) is 0 Å². The molecule has 0 aromatic rings. The van der Waals surface area contributed by atoms with Crippen molar-refractivity contribution in [2.24, 2.45) is 0 Å². The number of rotatable bonds is 2. The summed E-state index contributed by atoms with van der Waals surface area (Å²) in [5.74, 6) is 1.17. The lowest BCUT2D eigenvalue weighted by atomic mass is 10.0. The molecule has 0 bridgehead atoms. The standard InChI is InChI=1S/C11H14O/c1-3-10-8-6-5-7-9(8)11(4-2)12-10/h5-7,10H,3-4H2,1-2H3. The summed E-state index contributed by atoms with van der Waals surface area (Å²) in [4.78, 5) is 0. The molecule has 1 aliphatic heterocycles. The first-order valence-electron chi connectivity index (χ1n) is 4.65. The lowest BCUT2D eigenvalue weighted by Crippen LogP contribution is -2.06. The molecule has 0 N–H and O–H groups in total. The van der Waals surface area contributed by atoms with Gasteiger partial charge in [-0.1, -0.05) is 32.1 Å². The van der Waals surface area contributed by atoms with E-state index >= 15 is 0 Å². The Labute approximate surface area is 73.4 Å². The first-order valence-corrected chi connectivity index (χ1v) is 4.65. The highest BCUT2D eigenvalue weighted by Gasteiger charge is 2.28. The summed E-state index contributed by atoms with van der Waals surface area (Å²) in [6.07, 6.45) is 8.85. The quantitative estimate of drug-likeness (QED) is 0.606. The summed E-state index contributed by atoms with van der Waals surface area (Å²) in [7, 11) is 0. The van der Waals surface area contributed by atoms with Crippen molar-refractivity contribution in [2.75, 3.05) is 0 Å². The van der Waals surface area contributed by atoms with Gasteiger partial charge in [0.25, 0.3) is 0 Å². The molecule has 2 aliphatic rings. The lowest BCUT2D eigenvalue weighted by Gasteiger charge is -2.10. The summed E-state index contributed by atoms with van der Waals surface area (Å²) in [5.41, 5.74) is 2.72. The number of allylic oxidation sites excluding steroid dienone is 4. The SMILES string of the molecule is CCC1=C2C=CC=C2C(CC)O1. The molecule has 1 unspecified atom stereocenters. The second kappa shape index (κ2) is 2.81. The maximum absolute atomic E-state index is 5.79. The minimum Gasteiger partial charge on any atom is -0.489 e. The molecule has 1 aliphatic carbocycles. The summed E-state index contributed by atoms with van der Waals surface area (Å²) < 4.78 is 5.79. The van der Waals surface area contributed by atoms with Gasteiger partial charge in [-0.25, -0.2) is 0 Å². The van der Waals surface area contributed by atoms with Gasteiger partial charge in [-0.15, -0.1) is 0 Å². The Balaban J connectivity index is 2.32. The number of ether oxygens (including phenoxy) is 1. The summed E-state index contributed by atoms with van der Waals surface area (Å²) in [6, 6.07) is 0. The second-order valence-corrected chi connectivity index (χ2v) is 3.19. The van der Waals surface area contributed by atoms with Crippen LogP contribution in [0.5, 0.6) is 0 Å². The van der Waals surface area contributed by atoms with Crippen LogP contribution in [0.3, 0.4) is 0 Å². The molecule has 0 aromatic carbocycles. The third kappa shape index (κ3) is 0.927. The number of fused-ring (bicyclic) bond motifs is 1. The van der Waals surface area contributed by atoms with Crippen molar-refractivity contribution in [2.45, 2.75) is 32.8 Å². The molecule has 0 amide bonds. The van der Waals surface area contributed by atoms with Crippen LogP contribution < -0.4 is 0 Å². The molecule has 0 saturated heterocycles. The maximum atomic E-state index is 5.79. The topological polar surface area (TPSA) is 9.23 Å². The van der Waals surface area contributed by atoms with Gasteiger partial charge < -0.3 is 4.74 Å². The van der Waals surface area contributed by atoms with E-state index in [4.69, 9.17) is 4.74 Å². The van der Waals surface area contributed by atoms with E-state index in [1.165, 1.54) is 16.9 Å². The fourth-order valence-electron chi connectivity index (χ4n) is 1.84. The van der Waals surface area contributed by atoms with Crippen LogP contribution in [-0.2, 0) is 4.74 Å². The molecule has 0 radical (unpaired) electrons. The Bertz CT molecular complexity index is 281. The second-order valence-electron chi connectivity index (χ2n) is 3.19. The van der Waals surface area contributed by atoms with Crippen molar-refractivity contribution in [3.05, 3.63) is 35.1 Å². The summed E-state index contributed by atoms with van der Waals surface area (Å²) in [6.45, 7) is 4.31. The average molecular weight is 162 g/mol. The lowest BCUT2D eigenvalue weighted by molar-refractivity contribution is 0.157. The minimum atomic E-state index is 0.324. The van der Waals surface area contributed by atoms with Gasteiger partial charge >= 0.3 is 0 Å². The van der Waals surface area contributed by atoms with Gasteiger partial charge in [-0.05, 0) is 6.42 Å². The molecule has 1 atom stereocenters. The zero-order chi connectivity index (χ0) is 8.55. The van der Waals surface area contributed by atoms with Crippen molar-refractivity contribution in [3.63, 3.8) is 0 Å². The Hall–Kier alpha value is -0.980. The van der Waals surface area contributed by atoms with E-state index in [2.05, 4.69) is 32.1 Å². The number of hydrogen-bond acceptors (Lipinski definition) is 1. The van der Waals surface area contributed by atoms with E-state index in [1.807, 2.05) is 0 Å². The minimum absolute atomic E-state index is 0.324. The van der Waals surface area contributed by atoms with Crippen molar-refractivity contribution in [1.82, 2.24) is 0 Å². The Morgan fingerprint density at radius 3 is 2.92 bits per heavy atom. The van der Waals surface area contributed by atoms with E-state index in [0.717, 1.165) is 12.8 Å². The van der Waals surface area contributed by atoms with Gasteiger partial charge in [0.05, 0.1) is 0 Å². The van der Waals surface area contributed by atoms with Crippen LogP contribution in [0.15, 0.2) is 35.1 Å². The molecule has 0 fully saturated rings. The van der Waals surface area contributed by atoms with Crippen LogP contribution in [-0.4, -0.2) is 6.10 Å². The van der Waals surface area contributed by atoms with Crippen LogP contribution in [0.2, 0.25) is 0 Å².